The lowest BCUT2D eigenvalue weighted by molar-refractivity contribution is 0.345. The minimum atomic E-state index is 0.0363. The van der Waals surface area contributed by atoms with Crippen LogP contribution in [0.3, 0.4) is 0 Å². The zero-order valence-corrected chi connectivity index (χ0v) is 20.9. The Morgan fingerprint density at radius 1 is 0.765 bits per heavy atom. The third-order valence-electron chi connectivity index (χ3n) is 7.32. The first kappa shape index (κ1) is 23.8. The van der Waals surface area contributed by atoms with E-state index >= 15 is 0 Å². The molecule has 0 atom stereocenters. The van der Waals surface area contributed by atoms with Gasteiger partial charge in [-0.25, -0.2) is 0 Å². The lowest BCUT2D eigenvalue weighted by Gasteiger charge is -2.39. The van der Waals surface area contributed by atoms with Gasteiger partial charge in [0.1, 0.15) is 0 Å². The molecule has 3 aromatic rings. The second-order valence-electron chi connectivity index (χ2n) is 9.69. The quantitative estimate of drug-likeness (QED) is 0.326. The van der Waals surface area contributed by atoms with E-state index in [2.05, 4.69) is 123 Å². The van der Waals surface area contributed by atoms with Crippen LogP contribution in [0, 0.1) is 13.8 Å². The van der Waals surface area contributed by atoms with E-state index in [1.54, 1.807) is 0 Å². The smallest absolute Gasteiger partial charge is 0.0408 e. The fourth-order valence-electron chi connectivity index (χ4n) is 5.19. The highest BCUT2D eigenvalue weighted by Gasteiger charge is 2.36. The van der Waals surface area contributed by atoms with Crippen molar-refractivity contribution in [1.82, 2.24) is 0 Å². The van der Waals surface area contributed by atoms with E-state index in [0.717, 1.165) is 0 Å². The van der Waals surface area contributed by atoms with Crippen LogP contribution in [0.2, 0.25) is 0 Å². The summed E-state index contributed by atoms with van der Waals surface area (Å²) in [6.45, 7) is 8.31. The number of hydrogen-bond acceptors (Lipinski definition) is 1. The standard InChI is InChI=1S/C33H37N/c1-5-9-29(17-16-28-14-10-26(2)11-15-28)33(24-7-6-8-25-33)30-18-22-32(23-19-30)34(4)31-20-12-27(3)13-21-31/h5,9-23H,1,6-8,24-25H2,2-4H3/b17-16-,29-9+. The number of rotatable bonds is 7. The van der Waals surface area contributed by atoms with Gasteiger partial charge in [-0.1, -0.05) is 110 Å². The van der Waals surface area contributed by atoms with Gasteiger partial charge in [0, 0.05) is 23.8 Å². The van der Waals surface area contributed by atoms with Crippen LogP contribution in [0.15, 0.2) is 103 Å². The average molecular weight is 448 g/mol. The Morgan fingerprint density at radius 3 is 1.85 bits per heavy atom. The van der Waals surface area contributed by atoms with Crippen LogP contribution in [0.4, 0.5) is 11.4 Å². The highest BCUT2D eigenvalue weighted by molar-refractivity contribution is 5.64. The Hall–Kier alpha value is -3.32. The van der Waals surface area contributed by atoms with Gasteiger partial charge in [0.2, 0.25) is 0 Å². The molecule has 1 fully saturated rings. The van der Waals surface area contributed by atoms with Gasteiger partial charge in [-0.05, 0) is 67.7 Å². The summed E-state index contributed by atoms with van der Waals surface area (Å²) in [6.07, 6.45) is 15.0. The Balaban J connectivity index is 1.66. The summed E-state index contributed by atoms with van der Waals surface area (Å²) >= 11 is 0. The predicted molar refractivity (Wildman–Crippen MR) is 149 cm³/mol. The predicted octanol–water partition coefficient (Wildman–Crippen LogP) is 9.10. The van der Waals surface area contributed by atoms with Crippen molar-refractivity contribution in [3.8, 4) is 0 Å². The maximum Gasteiger partial charge on any atom is 0.0408 e. The largest absolute Gasteiger partial charge is 0.345 e. The molecule has 4 rings (SSSR count). The van der Waals surface area contributed by atoms with E-state index in [-0.39, 0.29) is 5.41 Å². The minimum absolute atomic E-state index is 0.0363. The molecule has 1 heteroatoms. The summed E-state index contributed by atoms with van der Waals surface area (Å²) < 4.78 is 0. The van der Waals surface area contributed by atoms with Gasteiger partial charge in [0.15, 0.2) is 0 Å². The van der Waals surface area contributed by atoms with Crippen LogP contribution in [-0.4, -0.2) is 7.05 Å². The maximum atomic E-state index is 4.05. The normalized spacial score (nSPS) is 15.9. The zero-order chi connectivity index (χ0) is 24.0. The molecule has 174 valence electrons. The molecular weight excluding hydrogens is 410 g/mol. The van der Waals surface area contributed by atoms with E-state index in [9.17, 15) is 0 Å². The second kappa shape index (κ2) is 10.7. The van der Waals surface area contributed by atoms with Crippen molar-refractivity contribution < 1.29 is 0 Å². The van der Waals surface area contributed by atoms with Crippen molar-refractivity contribution in [1.29, 1.82) is 0 Å². The third-order valence-corrected chi connectivity index (χ3v) is 7.32. The maximum absolute atomic E-state index is 4.05. The summed E-state index contributed by atoms with van der Waals surface area (Å²) in [5.41, 5.74) is 9.04. The van der Waals surface area contributed by atoms with E-state index < -0.39 is 0 Å². The Labute approximate surface area is 206 Å². The first-order valence-corrected chi connectivity index (χ1v) is 12.5. The number of nitrogens with zero attached hydrogens (tertiary/aromatic N) is 1. The fourth-order valence-corrected chi connectivity index (χ4v) is 5.19. The summed E-state index contributed by atoms with van der Waals surface area (Å²) in [6, 6.07) is 26.7. The van der Waals surface area contributed by atoms with Crippen molar-refractivity contribution in [3.63, 3.8) is 0 Å². The zero-order valence-electron chi connectivity index (χ0n) is 20.9. The molecule has 0 heterocycles. The van der Waals surface area contributed by atoms with E-state index in [1.807, 2.05) is 6.08 Å². The van der Waals surface area contributed by atoms with Crippen LogP contribution in [0.25, 0.3) is 6.08 Å². The van der Waals surface area contributed by atoms with Gasteiger partial charge >= 0.3 is 0 Å². The van der Waals surface area contributed by atoms with Crippen LogP contribution >= 0.6 is 0 Å². The highest BCUT2D eigenvalue weighted by Crippen LogP contribution is 2.46. The molecule has 0 spiro atoms. The molecule has 0 N–H and O–H groups in total. The molecule has 0 radical (unpaired) electrons. The number of allylic oxidation sites excluding steroid dienone is 4. The average Bonchev–Trinajstić information content (AvgIpc) is 2.88. The second-order valence-corrected chi connectivity index (χ2v) is 9.69. The molecule has 1 saturated carbocycles. The molecule has 0 unspecified atom stereocenters. The Bertz CT molecular complexity index is 1140. The van der Waals surface area contributed by atoms with Crippen LogP contribution < -0.4 is 4.90 Å². The van der Waals surface area contributed by atoms with Crippen LogP contribution in [0.1, 0.15) is 54.4 Å². The minimum Gasteiger partial charge on any atom is -0.345 e. The third kappa shape index (κ3) is 5.25. The Morgan fingerprint density at radius 2 is 1.29 bits per heavy atom. The first-order valence-electron chi connectivity index (χ1n) is 12.5. The molecule has 0 saturated heterocycles. The van der Waals surface area contributed by atoms with E-state index in [4.69, 9.17) is 0 Å². The molecule has 3 aromatic carbocycles. The highest BCUT2D eigenvalue weighted by atomic mass is 15.1. The van der Waals surface area contributed by atoms with Gasteiger partial charge in [0.25, 0.3) is 0 Å². The van der Waals surface area contributed by atoms with Crippen molar-refractivity contribution >= 4 is 17.5 Å². The molecule has 1 aliphatic rings. The lowest BCUT2D eigenvalue weighted by atomic mass is 9.64. The number of aryl methyl sites for hydroxylation is 2. The number of anilines is 2. The molecule has 1 nitrogen and oxygen atoms in total. The molecule has 0 aliphatic heterocycles. The monoisotopic (exact) mass is 447 g/mol. The molecule has 34 heavy (non-hydrogen) atoms. The molecule has 0 amide bonds. The topological polar surface area (TPSA) is 3.24 Å². The molecule has 0 aromatic heterocycles. The van der Waals surface area contributed by atoms with Crippen LogP contribution in [-0.2, 0) is 5.41 Å². The number of hydrogen-bond donors (Lipinski definition) is 0. The van der Waals surface area contributed by atoms with Gasteiger partial charge in [-0.15, -0.1) is 0 Å². The SMILES string of the molecule is C=C/C=C(\C=C/c1ccc(C)cc1)C1(c2ccc(N(C)c3ccc(C)cc3)cc2)CCCCC1. The molecule has 0 bridgehead atoms. The summed E-state index contributed by atoms with van der Waals surface area (Å²) in [5, 5.41) is 0. The van der Waals surface area contributed by atoms with Crippen molar-refractivity contribution in [2.75, 3.05) is 11.9 Å². The number of benzene rings is 3. The molecular formula is C33H37N. The summed E-state index contributed by atoms with van der Waals surface area (Å²) in [4.78, 5) is 2.26. The fraction of sp³-hybridized carbons (Fsp3) is 0.273. The van der Waals surface area contributed by atoms with Gasteiger partial charge in [0.05, 0.1) is 0 Å². The lowest BCUT2D eigenvalue weighted by Crippen LogP contribution is -2.31. The summed E-state index contributed by atoms with van der Waals surface area (Å²) in [7, 11) is 2.14. The van der Waals surface area contributed by atoms with Gasteiger partial charge in [-0.2, -0.15) is 0 Å². The summed E-state index contributed by atoms with van der Waals surface area (Å²) in [5.74, 6) is 0. The van der Waals surface area contributed by atoms with E-state index in [1.165, 1.54) is 71.3 Å². The molecule has 1 aliphatic carbocycles. The van der Waals surface area contributed by atoms with Crippen LogP contribution in [0.5, 0.6) is 0 Å². The van der Waals surface area contributed by atoms with Crippen molar-refractivity contribution in [2.24, 2.45) is 0 Å². The van der Waals surface area contributed by atoms with Crippen molar-refractivity contribution in [2.45, 2.75) is 51.4 Å². The first-order chi connectivity index (χ1) is 16.5. The Kier molecular flexibility index (Phi) is 7.53. The van der Waals surface area contributed by atoms with Gasteiger partial charge < -0.3 is 4.90 Å². The van der Waals surface area contributed by atoms with Crippen molar-refractivity contribution in [3.05, 3.63) is 125 Å². The van der Waals surface area contributed by atoms with E-state index in [0.29, 0.717) is 0 Å². The van der Waals surface area contributed by atoms with Gasteiger partial charge in [-0.3, -0.25) is 0 Å².